The van der Waals surface area contributed by atoms with E-state index in [1.165, 1.54) is 0 Å². The first kappa shape index (κ1) is 15.3. The third kappa shape index (κ3) is 6.05. The summed E-state index contributed by atoms with van der Waals surface area (Å²) in [5.74, 6) is -0.338. The van der Waals surface area contributed by atoms with Crippen molar-refractivity contribution in [3.8, 4) is 0 Å². The minimum Gasteiger partial charge on any atom is -0.385 e. The second-order valence-corrected chi connectivity index (χ2v) is 3.94. The standard InChI is InChI=1S/C11H24N2O3/c1-4-13-11(2,10(12)14)6-9-16-8-5-7-15-3/h13H,4-9H2,1-3H3,(H2,12,14). The molecule has 0 spiro atoms. The Morgan fingerprint density at radius 1 is 1.38 bits per heavy atom. The summed E-state index contributed by atoms with van der Waals surface area (Å²) in [7, 11) is 1.66. The van der Waals surface area contributed by atoms with Crippen molar-refractivity contribution in [1.82, 2.24) is 5.32 Å². The van der Waals surface area contributed by atoms with Crippen molar-refractivity contribution in [2.45, 2.75) is 32.2 Å². The molecular formula is C11H24N2O3. The van der Waals surface area contributed by atoms with Crippen molar-refractivity contribution in [1.29, 1.82) is 0 Å². The minimum atomic E-state index is -0.671. The van der Waals surface area contributed by atoms with E-state index in [9.17, 15) is 4.79 Å². The predicted molar refractivity (Wildman–Crippen MR) is 63.2 cm³/mol. The molecule has 0 saturated heterocycles. The summed E-state index contributed by atoms with van der Waals surface area (Å²) >= 11 is 0. The summed E-state index contributed by atoms with van der Waals surface area (Å²) in [6, 6.07) is 0. The van der Waals surface area contributed by atoms with Crippen molar-refractivity contribution in [2.24, 2.45) is 5.73 Å². The lowest BCUT2D eigenvalue weighted by Gasteiger charge is -2.26. The van der Waals surface area contributed by atoms with Gasteiger partial charge >= 0.3 is 0 Å². The molecule has 1 unspecified atom stereocenters. The van der Waals surface area contributed by atoms with Crippen LogP contribution in [0.4, 0.5) is 0 Å². The van der Waals surface area contributed by atoms with Gasteiger partial charge in [0.2, 0.25) is 5.91 Å². The van der Waals surface area contributed by atoms with Gasteiger partial charge in [0.05, 0.1) is 5.54 Å². The first-order chi connectivity index (χ1) is 7.56. The van der Waals surface area contributed by atoms with Crippen LogP contribution in [0.25, 0.3) is 0 Å². The van der Waals surface area contributed by atoms with E-state index in [0.29, 0.717) is 32.8 Å². The fourth-order valence-electron chi connectivity index (χ4n) is 1.37. The fourth-order valence-corrected chi connectivity index (χ4v) is 1.37. The maximum absolute atomic E-state index is 11.3. The van der Waals surface area contributed by atoms with Crippen LogP contribution in [-0.2, 0) is 14.3 Å². The van der Waals surface area contributed by atoms with Gasteiger partial charge in [-0.05, 0) is 26.3 Å². The molecule has 0 aliphatic heterocycles. The fraction of sp³-hybridized carbons (Fsp3) is 0.909. The first-order valence-corrected chi connectivity index (χ1v) is 5.68. The lowest BCUT2D eigenvalue weighted by atomic mass is 9.97. The van der Waals surface area contributed by atoms with Gasteiger partial charge in [-0.3, -0.25) is 4.79 Å². The Morgan fingerprint density at radius 2 is 2.06 bits per heavy atom. The monoisotopic (exact) mass is 232 g/mol. The molecule has 96 valence electrons. The van der Waals surface area contributed by atoms with Gasteiger partial charge in [-0.2, -0.15) is 0 Å². The van der Waals surface area contributed by atoms with E-state index in [4.69, 9.17) is 15.2 Å². The molecule has 0 heterocycles. The zero-order valence-electron chi connectivity index (χ0n) is 10.5. The average Bonchev–Trinajstić information content (AvgIpc) is 2.23. The molecule has 5 nitrogen and oxygen atoms in total. The number of rotatable bonds is 10. The molecule has 1 amide bonds. The highest BCUT2D eigenvalue weighted by atomic mass is 16.5. The van der Waals surface area contributed by atoms with Crippen LogP contribution in [0.2, 0.25) is 0 Å². The van der Waals surface area contributed by atoms with Crippen LogP contribution in [0.15, 0.2) is 0 Å². The largest absolute Gasteiger partial charge is 0.385 e. The topological polar surface area (TPSA) is 73.6 Å². The Hall–Kier alpha value is -0.650. The molecule has 3 N–H and O–H groups in total. The number of hydrogen-bond donors (Lipinski definition) is 2. The molecule has 1 atom stereocenters. The van der Waals surface area contributed by atoms with Crippen molar-refractivity contribution in [3.05, 3.63) is 0 Å². The number of nitrogens with one attached hydrogen (secondary N) is 1. The molecule has 0 aromatic rings. The molecule has 0 saturated carbocycles. The molecule has 0 fully saturated rings. The SMILES string of the molecule is CCNC(C)(CCOCCCOC)C(N)=O. The smallest absolute Gasteiger partial charge is 0.237 e. The Kier molecular flexibility index (Phi) is 8.15. The normalized spacial score (nSPS) is 14.7. The maximum atomic E-state index is 11.3. The van der Waals surface area contributed by atoms with Crippen LogP contribution < -0.4 is 11.1 Å². The van der Waals surface area contributed by atoms with Gasteiger partial charge < -0.3 is 20.5 Å². The van der Waals surface area contributed by atoms with Crippen LogP contribution >= 0.6 is 0 Å². The summed E-state index contributed by atoms with van der Waals surface area (Å²) in [6.07, 6.45) is 1.45. The molecule has 0 aromatic heterocycles. The number of amides is 1. The quantitative estimate of drug-likeness (QED) is 0.531. The highest BCUT2D eigenvalue weighted by Crippen LogP contribution is 2.08. The van der Waals surface area contributed by atoms with Gasteiger partial charge in [-0.15, -0.1) is 0 Å². The number of nitrogens with two attached hydrogens (primary N) is 1. The molecule has 5 heteroatoms. The summed E-state index contributed by atoms with van der Waals surface area (Å²) in [5, 5.41) is 3.08. The Bertz CT molecular complexity index is 200. The van der Waals surface area contributed by atoms with Crippen LogP contribution in [0.1, 0.15) is 26.7 Å². The van der Waals surface area contributed by atoms with E-state index < -0.39 is 5.54 Å². The summed E-state index contributed by atoms with van der Waals surface area (Å²) < 4.78 is 10.3. The van der Waals surface area contributed by atoms with Gasteiger partial charge in [-0.1, -0.05) is 6.92 Å². The van der Waals surface area contributed by atoms with Gasteiger partial charge in [0.1, 0.15) is 0 Å². The summed E-state index contributed by atoms with van der Waals surface area (Å²) in [5.41, 5.74) is 4.67. The number of likely N-dealkylation sites (N-methyl/N-ethyl adjacent to an activating group) is 1. The molecule has 0 radical (unpaired) electrons. The van der Waals surface area contributed by atoms with Crippen LogP contribution in [-0.4, -0.2) is 44.9 Å². The average molecular weight is 232 g/mol. The zero-order valence-corrected chi connectivity index (χ0v) is 10.5. The molecule has 0 rings (SSSR count). The Labute approximate surface area is 97.7 Å². The van der Waals surface area contributed by atoms with Crippen LogP contribution in [0.3, 0.4) is 0 Å². The molecular weight excluding hydrogens is 208 g/mol. The number of carbonyl (C=O) groups excluding carboxylic acids is 1. The minimum absolute atomic E-state index is 0.338. The van der Waals surface area contributed by atoms with Crippen molar-refractivity contribution >= 4 is 5.91 Å². The second-order valence-electron chi connectivity index (χ2n) is 3.94. The van der Waals surface area contributed by atoms with E-state index in [-0.39, 0.29) is 5.91 Å². The van der Waals surface area contributed by atoms with E-state index >= 15 is 0 Å². The highest BCUT2D eigenvalue weighted by Gasteiger charge is 2.29. The third-order valence-corrected chi connectivity index (χ3v) is 2.49. The van der Waals surface area contributed by atoms with Crippen molar-refractivity contribution in [3.63, 3.8) is 0 Å². The second kappa shape index (κ2) is 8.50. The zero-order chi connectivity index (χ0) is 12.4. The number of carbonyl (C=O) groups is 1. The highest BCUT2D eigenvalue weighted by molar-refractivity contribution is 5.84. The molecule has 0 aromatic carbocycles. The lowest BCUT2D eigenvalue weighted by Crippen LogP contribution is -2.53. The Morgan fingerprint density at radius 3 is 2.56 bits per heavy atom. The van der Waals surface area contributed by atoms with E-state index in [1.807, 2.05) is 6.92 Å². The summed E-state index contributed by atoms with van der Waals surface area (Å²) in [4.78, 5) is 11.3. The number of hydrogen-bond acceptors (Lipinski definition) is 4. The van der Waals surface area contributed by atoms with Gasteiger partial charge in [0.25, 0.3) is 0 Å². The van der Waals surface area contributed by atoms with E-state index in [0.717, 1.165) is 6.42 Å². The van der Waals surface area contributed by atoms with Gasteiger partial charge in [0.15, 0.2) is 0 Å². The van der Waals surface area contributed by atoms with E-state index in [1.54, 1.807) is 14.0 Å². The lowest BCUT2D eigenvalue weighted by molar-refractivity contribution is -0.124. The maximum Gasteiger partial charge on any atom is 0.237 e. The molecule has 0 aliphatic rings. The Balaban J connectivity index is 3.73. The molecule has 0 bridgehead atoms. The molecule has 16 heavy (non-hydrogen) atoms. The van der Waals surface area contributed by atoms with E-state index in [2.05, 4.69) is 5.32 Å². The third-order valence-electron chi connectivity index (χ3n) is 2.49. The molecule has 0 aliphatic carbocycles. The van der Waals surface area contributed by atoms with Crippen molar-refractivity contribution in [2.75, 3.05) is 33.5 Å². The van der Waals surface area contributed by atoms with Gasteiger partial charge in [-0.25, -0.2) is 0 Å². The first-order valence-electron chi connectivity index (χ1n) is 5.68. The number of primary amides is 1. The summed E-state index contributed by atoms with van der Waals surface area (Å²) in [6.45, 7) is 6.33. The van der Waals surface area contributed by atoms with Gasteiger partial charge in [0, 0.05) is 26.9 Å². The van der Waals surface area contributed by atoms with Crippen molar-refractivity contribution < 1.29 is 14.3 Å². The number of methoxy groups -OCH3 is 1. The predicted octanol–water partition coefficient (Wildman–Crippen LogP) is 0.283. The van der Waals surface area contributed by atoms with Crippen LogP contribution in [0, 0.1) is 0 Å². The van der Waals surface area contributed by atoms with Crippen LogP contribution in [0.5, 0.6) is 0 Å². The number of ether oxygens (including phenoxy) is 2.